The number of aryl methyl sites for hydroxylation is 3. The van der Waals surface area contributed by atoms with Crippen molar-refractivity contribution in [2.24, 2.45) is 4.99 Å². The van der Waals surface area contributed by atoms with Gasteiger partial charge in [-0.05, 0) is 57.4 Å². The zero-order valence-electron chi connectivity index (χ0n) is 16.3. The Labute approximate surface area is 170 Å². The molecule has 0 aromatic carbocycles. The standard InChI is InChI=1S/C20H30N4OS2/c1-3-21-19(23-14-20(2,25)17-10-7-13-26-17)22-12-6-11-18-24-15-8-4-5-9-16(15)27-18/h7,10,13,25H,3-6,8-9,11-12,14H2,1-2H3,(H2,21,22,23). The van der Waals surface area contributed by atoms with Crippen molar-refractivity contribution in [2.75, 3.05) is 19.6 Å². The van der Waals surface area contributed by atoms with E-state index >= 15 is 0 Å². The largest absolute Gasteiger partial charge is 0.383 e. The first-order valence-electron chi connectivity index (χ1n) is 9.84. The molecule has 1 aliphatic rings. The summed E-state index contributed by atoms with van der Waals surface area (Å²) in [7, 11) is 0. The first kappa shape index (κ1) is 20.3. The van der Waals surface area contributed by atoms with Crippen LogP contribution in [0.4, 0.5) is 0 Å². The summed E-state index contributed by atoms with van der Waals surface area (Å²) >= 11 is 3.46. The predicted molar refractivity (Wildman–Crippen MR) is 115 cm³/mol. The van der Waals surface area contributed by atoms with Gasteiger partial charge in [-0.15, -0.1) is 22.7 Å². The third-order valence-corrected chi connectivity index (χ3v) is 7.03. The Bertz CT molecular complexity index is 714. The highest BCUT2D eigenvalue weighted by Gasteiger charge is 2.24. The number of nitrogens with zero attached hydrogens (tertiary/aromatic N) is 2. The van der Waals surface area contributed by atoms with Gasteiger partial charge in [-0.1, -0.05) is 6.07 Å². The van der Waals surface area contributed by atoms with Crippen LogP contribution >= 0.6 is 22.7 Å². The van der Waals surface area contributed by atoms with Crippen molar-refractivity contribution < 1.29 is 5.11 Å². The first-order chi connectivity index (χ1) is 13.1. The van der Waals surface area contributed by atoms with Crippen LogP contribution < -0.4 is 10.6 Å². The number of aromatic nitrogens is 1. The molecule has 5 nitrogen and oxygen atoms in total. The third-order valence-electron chi connectivity index (χ3n) is 4.69. The SMILES string of the molecule is CCNC(=NCC(C)(O)c1cccs1)NCCCc1nc2c(s1)CCCC2. The molecule has 2 aromatic heterocycles. The van der Waals surface area contributed by atoms with Gasteiger partial charge in [0, 0.05) is 29.3 Å². The number of aliphatic hydroxyl groups is 1. The molecule has 1 atom stereocenters. The maximum atomic E-state index is 10.6. The highest BCUT2D eigenvalue weighted by molar-refractivity contribution is 7.11. The maximum absolute atomic E-state index is 10.6. The van der Waals surface area contributed by atoms with Gasteiger partial charge < -0.3 is 15.7 Å². The Morgan fingerprint density at radius 3 is 2.93 bits per heavy atom. The lowest BCUT2D eigenvalue weighted by atomic mass is 10.0. The molecule has 1 unspecified atom stereocenters. The van der Waals surface area contributed by atoms with E-state index in [0.29, 0.717) is 6.54 Å². The molecule has 0 saturated heterocycles. The second-order valence-corrected chi connectivity index (χ2v) is 9.28. The van der Waals surface area contributed by atoms with E-state index in [1.165, 1.54) is 34.8 Å². The van der Waals surface area contributed by atoms with Crippen LogP contribution in [0.3, 0.4) is 0 Å². The molecule has 0 saturated carbocycles. The summed E-state index contributed by atoms with van der Waals surface area (Å²) in [6, 6.07) is 3.91. The molecule has 3 N–H and O–H groups in total. The normalized spacial score (nSPS) is 16.6. The molecule has 0 aliphatic heterocycles. The molecule has 1 aliphatic carbocycles. The number of hydrogen-bond donors (Lipinski definition) is 3. The van der Waals surface area contributed by atoms with Crippen LogP contribution in [-0.4, -0.2) is 35.7 Å². The van der Waals surface area contributed by atoms with Crippen molar-refractivity contribution in [1.29, 1.82) is 0 Å². The summed E-state index contributed by atoms with van der Waals surface area (Å²) in [4.78, 5) is 11.8. The number of nitrogens with one attached hydrogen (secondary N) is 2. The second-order valence-electron chi connectivity index (χ2n) is 7.16. The zero-order chi connectivity index (χ0) is 19.1. The zero-order valence-corrected chi connectivity index (χ0v) is 17.9. The van der Waals surface area contributed by atoms with Gasteiger partial charge in [0.25, 0.3) is 0 Å². The molecule has 0 amide bonds. The third kappa shape index (κ3) is 5.77. The molecule has 0 bridgehead atoms. The van der Waals surface area contributed by atoms with Gasteiger partial charge in [0.05, 0.1) is 17.2 Å². The van der Waals surface area contributed by atoms with Crippen LogP contribution in [0.1, 0.15) is 53.6 Å². The minimum absolute atomic E-state index is 0.335. The van der Waals surface area contributed by atoms with E-state index in [-0.39, 0.29) is 0 Å². The molecular weight excluding hydrogens is 376 g/mol. The average molecular weight is 407 g/mol. The lowest BCUT2D eigenvalue weighted by Gasteiger charge is -2.20. The average Bonchev–Trinajstić information content (AvgIpc) is 3.32. The van der Waals surface area contributed by atoms with Gasteiger partial charge in [0.1, 0.15) is 5.60 Å². The fraction of sp³-hybridized carbons (Fsp3) is 0.600. The van der Waals surface area contributed by atoms with Crippen LogP contribution in [-0.2, 0) is 24.9 Å². The number of fused-ring (bicyclic) bond motifs is 1. The second kappa shape index (κ2) is 9.66. The summed E-state index contributed by atoms with van der Waals surface area (Å²) in [6.07, 6.45) is 7.01. The van der Waals surface area contributed by atoms with Gasteiger partial charge in [-0.25, -0.2) is 9.98 Å². The van der Waals surface area contributed by atoms with Crippen LogP contribution in [0.25, 0.3) is 0 Å². The van der Waals surface area contributed by atoms with Crippen LogP contribution in [0, 0.1) is 0 Å². The van der Waals surface area contributed by atoms with E-state index < -0.39 is 5.60 Å². The highest BCUT2D eigenvalue weighted by Crippen LogP contribution is 2.27. The molecular formula is C20H30N4OS2. The smallest absolute Gasteiger partial charge is 0.191 e. The van der Waals surface area contributed by atoms with Crippen LogP contribution in [0.2, 0.25) is 0 Å². The summed E-state index contributed by atoms with van der Waals surface area (Å²) in [5.74, 6) is 0.757. The van der Waals surface area contributed by atoms with Crippen molar-refractivity contribution in [3.05, 3.63) is 38.0 Å². The number of thiophene rings is 1. The fourth-order valence-corrected chi connectivity index (χ4v) is 5.17. The number of guanidine groups is 1. The highest BCUT2D eigenvalue weighted by atomic mass is 32.1. The van der Waals surface area contributed by atoms with Gasteiger partial charge >= 0.3 is 0 Å². The Morgan fingerprint density at radius 1 is 1.33 bits per heavy atom. The first-order valence-corrected chi connectivity index (χ1v) is 11.5. The monoisotopic (exact) mass is 406 g/mol. The molecule has 0 radical (unpaired) electrons. The van der Waals surface area contributed by atoms with E-state index in [2.05, 4.69) is 22.5 Å². The fourth-order valence-electron chi connectivity index (χ4n) is 3.20. The van der Waals surface area contributed by atoms with Gasteiger partial charge in [0.15, 0.2) is 5.96 Å². The Hall–Kier alpha value is -1.44. The minimum Gasteiger partial charge on any atom is -0.383 e. The number of aliphatic imine (C=N–C) groups is 1. The van der Waals surface area contributed by atoms with Gasteiger partial charge in [-0.3, -0.25) is 0 Å². The molecule has 148 valence electrons. The van der Waals surface area contributed by atoms with E-state index in [4.69, 9.17) is 4.98 Å². The van der Waals surface area contributed by atoms with Gasteiger partial charge in [0.2, 0.25) is 0 Å². The summed E-state index contributed by atoms with van der Waals surface area (Å²) in [5, 5.41) is 20.5. The molecule has 0 spiro atoms. The lowest BCUT2D eigenvalue weighted by Crippen LogP contribution is -2.39. The van der Waals surface area contributed by atoms with Crippen molar-refractivity contribution in [3.63, 3.8) is 0 Å². The quantitative estimate of drug-likeness (QED) is 0.357. The summed E-state index contributed by atoms with van der Waals surface area (Å²) in [5.41, 5.74) is 0.413. The van der Waals surface area contributed by atoms with Crippen molar-refractivity contribution in [2.45, 2.75) is 58.0 Å². The molecule has 2 aromatic rings. The van der Waals surface area contributed by atoms with E-state index in [1.807, 2.05) is 35.8 Å². The Morgan fingerprint density at radius 2 is 2.19 bits per heavy atom. The van der Waals surface area contributed by atoms with Crippen molar-refractivity contribution in [1.82, 2.24) is 15.6 Å². The molecule has 7 heteroatoms. The Balaban J connectivity index is 1.47. The van der Waals surface area contributed by atoms with Crippen LogP contribution in [0.5, 0.6) is 0 Å². The molecule has 0 fully saturated rings. The Kier molecular flexibility index (Phi) is 7.26. The molecule has 3 rings (SSSR count). The van der Waals surface area contributed by atoms with Gasteiger partial charge in [-0.2, -0.15) is 0 Å². The van der Waals surface area contributed by atoms with E-state index in [9.17, 15) is 5.11 Å². The number of thiazole rings is 1. The van der Waals surface area contributed by atoms with E-state index in [0.717, 1.165) is 43.2 Å². The molecule has 27 heavy (non-hydrogen) atoms. The summed E-state index contributed by atoms with van der Waals surface area (Å²) in [6.45, 7) is 5.84. The molecule has 2 heterocycles. The number of rotatable bonds is 8. The summed E-state index contributed by atoms with van der Waals surface area (Å²) < 4.78 is 0. The lowest BCUT2D eigenvalue weighted by molar-refractivity contribution is 0.0711. The predicted octanol–water partition coefficient (Wildman–Crippen LogP) is 3.48. The topological polar surface area (TPSA) is 69.5 Å². The van der Waals surface area contributed by atoms with Crippen LogP contribution in [0.15, 0.2) is 22.5 Å². The van der Waals surface area contributed by atoms with E-state index in [1.54, 1.807) is 11.3 Å². The number of hydrogen-bond acceptors (Lipinski definition) is 5. The van der Waals surface area contributed by atoms with Crippen molar-refractivity contribution >= 4 is 28.6 Å². The maximum Gasteiger partial charge on any atom is 0.191 e. The minimum atomic E-state index is -0.934. The van der Waals surface area contributed by atoms with Crippen molar-refractivity contribution in [3.8, 4) is 0 Å².